The van der Waals surface area contributed by atoms with Gasteiger partial charge in [-0.1, -0.05) is 23.7 Å². The fourth-order valence-electron chi connectivity index (χ4n) is 2.27. The summed E-state index contributed by atoms with van der Waals surface area (Å²) in [5.41, 5.74) is 2.03. The largest absolute Gasteiger partial charge is 0.309 e. The first-order chi connectivity index (χ1) is 8.83. The van der Waals surface area contributed by atoms with Crippen LogP contribution in [0.15, 0.2) is 36.5 Å². The Morgan fingerprint density at radius 1 is 1.28 bits per heavy atom. The minimum absolute atomic E-state index is 0.367. The molecule has 1 aromatic carbocycles. The van der Waals surface area contributed by atoms with Crippen LogP contribution in [0, 0.1) is 0 Å². The third kappa shape index (κ3) is 2.37. The molecule has 0 saturated carbocycles. The van der Waals surface area contributed by atoms with E-state index in [1.807, 2.05) is 36.5 Å². The third-order valence-electron chi connectivity index (χ3n) is 3.18. The second-order valence-electron chi connectivity index (χ2n) is 4.46. The lowest BCUT2D eigenvalue weighted by Crippen LogP contribution is -2.14. The molecule has 2 heterocycles. The van der Waals surface area contributed by atoms with Crippen molar-refractivity contribution in [1.82, 2.24) is 15.3 Å². The zero-order valence-electron chi connectivity index (χ0n) is 9.94. The molecule has 4 heteroatoms. The molecule has 1 unspecified atom stereocenters. The highest BCUT2D eigenvalue weighted by Gasteiger charge is 2.18. The first-order valence-electron chi connectivity index (χ1n) is 6.15. The molecule has 1 aliphatic heterocycles. The Kier molecular flexibility index (Phi) is 3.26. The molecule has 3 rings (SSSR count). The van der Waals surface area contributed by atoms with E-state index in [0.29, 0.717) is 11.1 Å². The van der Waals surface area contributed by atoms with Crippen LogP contribution >= 0.6 is 11.6 Å². The van der Waals surface area contributed by atoms with Crippen molar-refractivity contribution in [2.24, 2.45) is 0 Å². The molecular weight excluding hydrogens is 246 g/mol. The number of nitrogens with zero attached hydrogens (tertiary/aromatic N) is 2. The van der Waals surface area contributed by atoms with Crippen molar-refractivity contribution in [3.8, 4) is 11.4 Å². The van der Waals surface area contributed by atoms with Gasteiger partial charge < -0.3 is 5.32 Å². The van der Waals surface area contributed by atoms with Gasteiger partial charge in [-0.3, -0.25) is 0 Å². The highest BCUT2D eigenvalue weighted by atomic mass is 35.5. The fraction of sp³-hybridized carbons (Fsp3) is 0.286. The van der Waals surface area contributed by atoms with Gasteiger partial charge in [-0.05, 0) is 37.6 Å². The molecule has 1 saturated heterocycles. The molecule has 18 heavy (non-hydrogen) atoms. The van der Waals surface area contributed by atoms with Gasteiger partial charge in [0, 0.05) is 22.8 Å². The number of aromatic nitrogens is 2. The molecule has 3 nitrogen and oxygen atoms in total. The van der Waals surface area contributed by atoms with Crippen LogP contribution in [0.1, 0.15) is 24.6 Å². The lowest BCUT2D eigenvalue weighted by molar-refractivity contribution is 0.626. The van der Waals surface area contributed by atoms with Crippen molar-refractivity contribution in [2.75, 3.05) is 6.54 Å². The van der Waals surface area contributed by atoms with Gasteiger partial charge in [0.15, 0.2) is 5.82 Å². The average Bonchev–Trinajstić information content (AvgIpc) is 2.93. The van der Waals surface area contributed by atoms with Gasteiger partial charge >= 0.3 is 0 Å². The summed E-state index contributed by atoms with van der Waals surface area (Å²) in [7, 11) is 0. The Labute approximate surface area is 111 Å². The minimum atomic E-state index is 0.367. The monoisotopic (exact) mass is 259 g/mol. The molecule has 0 spiro atoms. The Morgan fingerprint density at radius 3 is 3.00 bits per heavy atom. The van der Waals surface area contributed by atoms with E-state index in [1.165, 1.54) is 6.42 Å². The van der Waals surface area contributed by atoms with Crippen molar-refractivity contribution >= 4 is 11.6 Å². The molecule has 1 aliphatic rings. The van der Waals surface area contributed by atoms with Gasteiger partial charge in [0.1, 0.15) is 0 Å². The van der Waals surface area contributed by atoms with Gasteiger partial charge in [-0.25, -0.2) is 9.97 Å². The Bertz CT molecular complexity index is 550. The van der Waals surface area contributed by atoms with Crippen LogP contribution < -0.4 is 5.32 Å². The van der Waals surface area contributed by atoms with Crippen molar-refractivity contribution in [3.63, 3.8) is 0 Å². The van der Waals surface area contributed by atoms with Crippen LogP contribution in [0.3, 0.4) is 0 Å². The number of halogens is 1. The van der Waals surface area contributed by atoms with Crippen LogP contribution in [0.4, 0.5) is 0 Å². The maximum absolute atomic E-state index is 5.99. The normalized spacial score (nSPS) is 19.1. The molecule has 2 aromatic rings. The van der Waals surface area contributed by atoms with E-state index in [1.54, 1.807) is 0 Å². The summed E-state index contributed by atoms with van der Waals surface area (Å²) in [6, 6.07) is 9.99. The van der Waals surface area contributed by atoms with E-state index in [9.17, 15) is 0 Å². The van der Waals surface area contributed by atoms with E-state index in [-0.39, 0.29) is 0 Å². The Morgan fingerprint density at radius 2 is 2.22 bits per heavy atom. The molecule has 1 N–H and O–H groups in total. The molecule has 1 atom stereocenters. The topological polar surface area (TPSA) is 37.8 Å². The number of hydrogen-bond donors (Lipinski definition) is 1. The molecule has 1 fully saturated rings. The van der Waals surface area contributed by atoms with Gasteiger partial charge in [0.25, 0.3) is 0 Å². The average molecular weight is 260 g/mol. The van der Waals surface area contributed by atoms with E-state index in [0.717, 1.165) is 30.0 Å². The molecule has 0 amide bonds. The maximum Gasteiger partial charge on any atom is 0.159 e. The van der Waals surface area contributed by atoms with Crippen LogP contribution in [0.25, 0.3) is 11.4 Å². The molecule has 0 bridgehead atoms. The minimum Gasteiger partial charge on any atom is -0.309 e. The van der Waals surface area contributed by atoms with Crippen LogP contribution in [0.5, 0.6) is 0 Å². The smallest absolute Gasteiger partial charge is 0.159 e. The number of hydrogen-bond acceptors (Lipinski definition) is 3. The summed E-state index contributed by atoms with van der Waals surface area (Å²) >= 11 is 5.99. The Hall–Kier alpha value is -1.45. The molecular formula is C14H14ClN3. The lowest BCUT2D eigenvalue weighted by Gasteiger charge is -2.10. The van der Waals surface area contributed by atoms with Crippen molar-refractivity contribution in [1.29, 1.82) is 0 Å². The van der Waals surface area contributed by atoms with Gasteiger partial charge in [-0.2, -0.15) is 0 Å². The summed E-state index contributed by atoms with van der Waals surface area (Å²) < 4.78 is 0. The van der Waals surface area contributed by atoms with E-state index < -0.39 is 0 Å². The maximum atomic E-state index is 5.99. The van der Waals surface area contributed by atoms with Gasteiger partial charge in [-0.15, -0.1) is 0 Å². The number of rotatable bonds is 2. The van der Waals surface area contributed by atoms with Gasteiger partial charge in [0.05, 0.1) is 5.69 Å². The number of nitrogens with one attached hydrogen (secondary N) is 1. The van der Waals surface area contributed by atoms with Crippen LogP contribution in [-0.4, -0.2) is 16.5 Å². The Balaban J connectivity index is 1.95. The zero-order chi connectivity index (χ0) is 12.4. The molecule has 92 valence electrons. The van der Waals surface area contributed by atoms with Crippen LogP contribution in [-0.2, 0) is 0 Å². The zero-order valence-corrected chi connectivity index (χ0v) is 10.7. The highest BCUT2D eigenvalue weighted by molar-refractivity contribution is 6.30. The van der Waals surface area contributed by atoms with Crippen molar-refractivity contribution < 1.29 is 0 Å². The number of benzene rings is 1. The summed E-state index contributed by atoms with van der Waals surface area (Å²) in [5, 5.41) is 4.16. The predicted octanol–water partition coefficient (Wildman–Crippen LogP) is 3.22. The quantitative estimate of drug-likeness (QED) is 0.900. The fourth-order valence-corrected chi connectivity index (χ4v) is 2.46. The molecule has 0 aliphatic carbocycles. The molecule has 1 aromatic heterocycles. The van der Waals surface area contributed by atoms with E-state index in [4.69, 9.17) is 11.6 Å². The SMILES string of the molecule is Clc1cccc(-c2nccc(C3CCCN3)n2)c1. The van der Waals surface area contributed by atoms with Crippen molar-refractivity contribution in [2.45, 2.75) is 18.9 Å². The third-order valence-corrected chi connectivity index (χ3v) is 3.41. The highest BCUT2D eigenvalue weighted by Crippen LogP contribution is 2.24. The second-order valence-corrected chi connectivity index (χ2v) is 4.90. The predicted molar refractivity (Wildman–Crippen MR) is 72.5 cm³/mol. The summed E-state index contributed by atoms with van der Waals surface area (Å²) in [5.74, 6) is 0.740. The van der Waals surface area contributed by atoms with E-state index in [2.05, 4.69) is 15.3 Å². The van der Waals surface area contributed by atoms with Crippen molar-refractivity contribution in [3.05, 3.63) is 47.2 Å². The molecule has 0 radical (unpaired) electrons. The summed E-state index contributed by atoms with van der Waals surface area (Å²) in [6.07, 6.45) is 4.17. The summed E-state index contributed by atoms with van der Waals surface area (Å²) in [6.45, 7) is 1.07. The summed E-state index contributed by atoms with van der Waals surface area (Å²) in [4.78, 5) is 8.96. The van der Waals surface area contributed by atoms with Crippen LogP contribution in [0.2, 0.25) is 5.02 Å². The first kappa shape index (κ1) is 11.6. The lowest BCUT2D eigenvalue weighted by atomic mass is 10.1. The second kappa shape index (κ2) is 5.04. The van der Waals surface area contributed by atoms with E-state index >= 15 is 0 Å². The standard InChI is InChI=1S/C14H14ClN3/c15-11-4-1-3-10(9-11)14-17-8-6-13(18-14)12-5-2-7-16-12/h1,3-4,6,8-9,12,16H,2,5,7H2. The first-order valence-corrected chi connectivity index (χ1v) is 6.53. The van der Waals surface area contributed by atoms with Gasteiger partial charge in [0.2, 0.25) is 0 Å².